The highest BCUT2D eigenvalue weighted by Crippen LogP contribution is 2.20. The van der Waals surface area contributed by atoms with Gasteiger partial charge < -0.3 is 14.3 Å². The molecule has 0 amide bonds. The monoisotopic (exact) mass is 299 g/mol. The Balaban J connectivity index is 2.13. The third-order valence-electron chi connectivity index (χ3n) is 2.68. The lowest BCUT2D eigenvalue weighted by Gasteiger charge is -2.02. The molecule has 0 fully saturated rings. The van der Waals surface area contributed by atoms with Crippen molar-refractivity contribution >= 4 is 10.0 Å². The average molecular weight is 299 g/mol. The van der Waals surface area contributed by atoms with E-state index >= 15 is 0 Å². The molecule has 0 spiro atoms. The van der Waals surface area contributed by atoms with Crippen molar-refractivity contribution < 1.29 is 17.4 Å². The largest absolute Gasteiger partial charge is 0.464 e. The van der Waals surface area contributed by atoms with E-state index in [1.165, 1.54) is 6.07 Å². The van der Waals surface area contributed by atoms with Crippen molar-refractivity contribution in [3.05, 3.63) is 35.1 Å². The SMILES string of the molecule is CNCc1cc(S(=O)(=O)NCc2cc(C)no2)c(C)o1. The summed E-state index contributed by atoms with van der Waals surface area (Å²) in [4.78, 5) is 0.138. The van der Waals surface area contributed by atoms with Crippen LogP contribution in [0.5, 0.6) is 0 Å². The predicted molar refractivity (Wildman–Crippen MR) is 71.5 cm³/mol. The van der Waals surface area contributed by atoms with Crippen molar-refractivity contribution in [1.29, 1.82) is 0 Å². The molecule has 2 heterocycles. The van der Waals surface area contributed by atoms with Gasteiger partial charge in [0, 0.05) is 12.1 Å². The molecule has 0 aliphatic heterocycles. The van der Waals surface area contributed by atoms with Crippen molar-refractivity contribution in [2.45, 2.75) is 31.8 Å². The second-order valence-corrected chi connectivity index (χ2v) is 6.16. The first-order chi connectivity index (χ1) is 9.42. The number of hydrogen-bond donors (Lipinski definition) is 2. The molecule has 0 atom stereocenters. The van der Waals surface area contributed by atoms with Gasteiger partial charge in [0.2, 0.25) is 10.0 Å². The zero-order valence-electron chi connectivity index (χ0n) is 11.6. The smallest absolute Gasteiger partial charge is 0.244 e. The third-order valence-corrected chi connectivity index (χ3v) is 4.19. The predicted octanol–water partition coefficient (Wildman–Crippen LogP) is 1.08. The van der Waals surface area contributed by atoms with Gasteiger partial charge in [0.05, 0.1) is 18.8 Å². The summed E-state index contributed by atoms with van der Waals surface area (Å²) >= 11 is 0. The van der Waals surface area contributed by atoms with E-state index in [9.17, 15) is 8.42 Å². The van der Waals surface area contributed by atoms with Gasteiger partial charge in [-0.25, -0.2) is 13.1 Å². The molecule has 0 aromatic carbocycles. The molecule has 0 unspecified atom stereocenters. The van der Waals surface area contributed by atoms with Crippen LogP contribution in [0, 0.1) is 13.8 Å². The maximum atomic E-state index is 12.2. The fourth-order valence-electron chi connectivity index (χ4n) is 1.80. The summed E-state index contributed by atoms with van der Waals surface area (Å²) in [5, 5.41) is 6.60. The highest BCUT2D eigenvalue weighted by Gasteiger charge is 2.21. The standard InChI is InChI=1S/C12H17N3O4S/c1-8-4-11(19-15-8)7-14-20(16,17)12-5-10(6-13-3)18-9(12)2/h4-5,13-14H,6-7H2,1-3H3. The molecule has 2 aromatic rings. The van der Waals surface area contributed by atoms with Crippen LogP contribution < -0.4 is 10.0 Å². The van der Waals surface area contributed by atoms with Gasteiger partial charge in [-0.1, -0.05) is 5.16 Å². The molecule has 2 N–H and O–H groups in total. The maximum absolute atomic E-state index is 12.2. The molecule has 20 heavy (non-hydrogen) atoms. The molecule has 7 nitrogen and oxygen atoms in total. The lowest BCUT2D eigenvalue weighted by atomic mass is 10.4. The summed E-state index contributed by atoms with van der Waals surface area (Å²) in [6, 6.07) is 3.19. The molecule has 8 heteroatoms. The first-order valence-electron chi connectivity index (χ1n) is 6.08. The summed E-state index contributed by atoms with van der Waals surface area (Å²) in [5.74, 6) is 1.39. The molecule has 0 bridgehead atoms. The van der Waals surface area contributed by atoms with E-state index in [4.69, 9.17) is 8.94 Å². The van der Waals surface area contributed by atoms with Crippen molar-refractivity contribution in [3.8, 4) is 0 Å². The minimum atomic E-state index is -3.64. The summed E-state index contributed by atoms with van der Waals surface area (Å²) in [7, 11) is -1.88. The number of sulfonamides is 1. The zero-order valence-corrected chi connectivity index (χ0v) is 12.4. The van der Waals surface area contributed by atoms with E-state index in [2.05, 4.69) is 15.2 Å². The lowest BCUT2D eigenvalue weighted by Crippen LogP contribution is -2.23. The second kappa shape index (κ2) is 5.78. The molecule has 2 aromatic heterocycles. The maximum Gasteiger partial charge on any atom is 0.244 e. The summed E-state index contributed by atoms with van der Waals surface area (Å²) < 4.78 is 37.2. The normalized spacial score (nSPS) is 11.9. The van der Waals surface area contributed by atoms with E-state index < -0.39 is 10.0 Å². The molecule has 0 radical (unpaired) electrons. The van der Waals surface area contributed by atoms with Crippen molar-refractivity contribution in [1.82, 2.24) is 15.2 Å². The number of hydrogen-bond acceptors (Lipinski definition) is 6. The van der Waals surface area contributed by atoms with Crippen molar-refractivity contribution in [2.24, 2.45) is 0 Å². The van der Waals surface area contributed by atoms with E-state index in [0.717, 1.165) is 0 Å². The first-order valence-corrected chi connectivity index (χ1v) is 7.56. The number of aryl methyl sites for hydroxylation is 2. The van der Waals surface area contributed by atoms with E-state index in [0.29, 0.717) is 29.5 Å². The van der Waals surface area contributed by atoms with Gasteiger partial charge in [0.15, 0.2) is 5.76 Å². The molecular weight excluding hydrogens is 282 g/mol. The number of aromatic nitrogens is 1. The minimum Gasteiger partial charge on any atom is -0.464 e. The van der Waals surface area contributed by atoms with Crippen LogP contribution in [0.25, 0.3) is 0 Å². The number of nitrogens with one attached hydrogen (secondary N) is 2. The highest BCUT2D eigenvalue weighted by atomic mass is 32.2. The Bertz CT molecular complexity index is 687. The van der Waals surface area contributed by atoms with E-state index in [1.807, 2.05) is 0 Å². The Labute approximate surface area is 117 Å². The Kier molecular flexibility index (Phi) is 4.26. The zero-order chi connectivity index (χ0) is 14.8. The van der Waals surface area contributed by atoms with Crippen LogP contribution >= 0.6 is 0 Å². The molecule has 0 aliphatic rings. The van der Waals surface area contributed by atoms with Crippen LogP contribution in [-0.2, 0) is 23.1 Å². The fraction of sp³-hybridized carbons (Fsp3) is 0.417. The van der Waals surface area contributed by atoms with Gasteiger partial charge in [-0.2, -0.15) is 0 Å². The first kappa shape index (κ1) is 14.8. The Morgan fingerprint density at radius 1 is 1.20 bits per heavy atom. The number of furan rings is 1. The topological polar surface area (TPSA) is 97.4 Å². The number of nitrogens with zero attached hydrogens (tertiary/aromatic N) is 1. The van der Waals surface area contributed by atoms with Gasteiger partial charge in [-0.05, 0) is 20.9 Å². The third kappa shape index (κ3) is 3.27. The van der Waals surface area contributed by atoms with Crippen molar-refractivity contribution in [2.75, 3.05) is 7.05 Å². The van der Waals surface area contributed by atoms with Crippen LogP contribution in [0.1, 0.15) is 23.0 Å². The minimum absolute atomic E-state index is 0.0507. The molecule has 0 aliphatic carbocycles. The van der Waals surface area contributed by atoms with Gasteiger partial charge in [-0.3, -0.25) is 0 Å². The molecule has 0 saturated heterocycles. The van der Waals surface area contributed by atoms with Crippen LogP contribution in [0.15, 0.2) is 26.0 Å². The van der Waals surface area contributed by atoms with Gasteiger partial charge in [0.25, 0.3) is 0 Å². The van der Waals surface area contributed by atoms with Crippen LogP contribution in [0.3, 0.4) is 0 Å². The molecular formula is C12H17N3O4S. The van der Waals surface area contributed by atoms with E-state index in [-0.39, 0.29) is 11.4 Å². The Morgan fingerprint density at radius 2 is 1.95 bits per heavy atom. The summed E-state index contributed by atoms with van der Waals surface area (Å²) in [5.41, 5.74) is 0.704. The lowest BCUT2D eigenvalue weighted by molar-refractivity contribution is 0.377. The van der Waals surface area contributed by atoms with Crippen LogP contribution in [-0.4, -0.2) is 20.6 Å². The summed E-state index contributed by atoms with van der Waals surface area (Å²) in [6.45, 7) is 3.91. The molecule has 0 saturated carbocycles. The van der Waals surface area contributed by atoms with Gasteiger partial charge >= 0.3 is 0 Å². The second-order valence-electron chi connectivity index (χ2n) is 4.42. The Hall–Kier alpha value is -1.64. The Morgan fingerprint density at radius 3 is 2.55 bits per heavy atom. The number of rotatable bonds is 6. The average Bonchev–Trinajstić information content (AvgIpc) is 2.94. The molecule has 2 rings (SSSR count). The van der Waals surface area contributed by atoms with Crippen LogP contribution in [0.4, 0.5) is 0 Å². The highest BCUT2D eigenvalue weighted by molar-refractivity contribution is 7.89. The summed E-state index contributed by atoms with van der Waals surface area (Å²) in [6.07, 6.45) is 0. The fourth-order valence-corrected chi connectivity index (χ4v) is 2.99. The molecule has 110 valence electrons. The van der Waals surface area contributed by atoms with Gasteiger partial charge in [0.1, 0.15) is 16.4 Å². The van der Waals surface area contributed by atoms with Crippen molar-refractivity contribution in [3.63, 3.8) is 0 Å². The van der Waals surface area contributed by atoms with Gasteiger partial charge in [-0.15, -0.1) is 0 Å². The van der Waals surface area contributed by atoms with E-state index in [1.54, 1.807) is 27.0 Å². The van der Waals surface area contributed by atoms with Crippen LogP contribution in [0.2, 0.25) is 0 Å². The quantitative estimate of drug-likeness (QED) is 0.828.